The van der Waals surface area contributed by atoms with Crippen molar-refractivity contribution in [2.45, 2.75) is 19.9 Å². The highest BCUT2D eigenvalue weighted by Gasteiger charge is 2.12. The van der Waals surface area contributed by atoms with E-state index in [9.17, 15) is 8.78 Å². The van der Waals surface area contributed by atoms with Crippen LogP contribution in [0.4, 0.5) is 14.6 Å². The number of nitrogens with one attached hydrogen (secondary N) is 1. The zero-order valence-corrected chi connectivity index (χ0v) is 11.7. The molecular formula is C12H16F2N4S. The van der Waals surface area contributed by atoms with E-state index in [-0.39, 0.29) is 6.54 Å². The number of hydrogen-bond donors (Lipinski definition) is 1. The maximum absolute atomic E-state index is 12.3. The minimum absolute atomic E-state index is 0.275. The molecule has 0 bridgehead atoms. The van der Waals surface area contributed by atoms with Crippen LogP contribution in [0.3, 0.4) is 0 Å². The van der Waals surface area contributed by atoms with Crippen LogP contribution in [-0.2, 0) is 6.54 Å². The van der Waals surface area contributed by atoms with Gasteiger partial charge in [-0.25, -0.2) is 18.7 Å². The summed E-state index contributed by atoms with van der Waals surface area (Å²) in [6, 6.07) is 1.96. The van der Waals surface area contributed by atoms with Gasteiger partial charge >= 0.3 is 0 Å². The summed E-state index contributed by atoms with van der Waals surface area (Å²) < 4.78 is 24.6. The largest absolute Gasteiger partial charge is 0.370 e. The molecular weight excluding hydrogens is 270 g/mol. The average molecular weight is 286 g/mol. The molecule has 2 rings (SSSR count). The Kier molecular flexibility index (Phi) is 4.60. The van der Waals surface area contributed by atoms with E-state index in [1.807, 2.05) is 18.4 Å². The molecule has 0 unspecified atom stereocenters. The smallest absolute Gasteiger partial charge is 0.251 e. The van der Waals surface area contributed by atoms with Gasteiger partial charge in [-0.3, -0.25) is 4.90 Å². The molecule has 2 heterocycles. The summed E-state index contributed by atoms with van der Waals surface area (Å²) >= 11 is 1.52. The average Bonchev–Trinajstić information content (AvgIpc) is 2.76. The van der Waals surface area contributed by atoms with Crippen LogP contribution in [0.25, 0.3) is 10.2 Å². The molecule has 0 atom stereocenters. The minimum atomic E-state index is -2.34. The summed E-state index contributed by atoms with van der Waals surface area (Å²) in [7, 11) is 1.64. The van der Waals surface area contributed by atoms with E-state index < -0.39 is 6.43 Å². The van der Waals surface area contributed by atoms with Gasteiger partial charge in [-0.15, -0.1) is 11.3 Å². The van der Waals surface area contributed by atoms with Gasteiger partial charge in [-0.1, -0.05) is 0 Å². The van der Waals surface area contributed by atoms with Gasteiger partial charge < -0.3 is 5.32 Å². The van der Waals surface area contributed by atoms with Gasteiger partial charge in [0.05, 0.1) is 18.5 Å². The van der Waals surface area contributed by atoms with Crippen molar-refractivity contribution in [2.75, 3.05) is 25.5 Å². The zero-order chi connectivity index (χ0) is 13.8. The molecule has 1 N–H and O–H groups in total. The van der Waals surface area contributed by atoms with Gasteiger partial charge in [0.1, 0.15) is 16.5 Å². The molecule has 19 heavy (non-hydrogen) atoms. The quantitative estimate of drug-likeness (QED) is 0.886. The Hall–Kier alpha value is -1.34. The monoisotopic (exact) mass is 286 g/mol. The first-order valence-electron chi connectivity index (χ1n) is 6.04. The maximum atomic E-state index is 12.3. The normalized spacial score (nSPS) is 11.7. The number of hydrogen-bond acceptors (Lipinski definition) is 5. The van der Waals surface area contributed by atoms with Crippen molar-refractivity contribution in [3.63, 3.8) is 0 Å². The summed E-state index contributed by atoms with van der Waals surface area (Å²) in [6.45, 7) is 2.79. The third-order valence-corrected chi connectivity index (χ3v) is 3.38. The molecule has 0 aromatic carbocycles. The first kappa shape index (κ1) is 14.1. The number of alkyl halides is 2. The maximum Gasteiger partial charge on any atom is 0.251 e. The van der Waals surface area contributed by atoms with Crippen LogP contribution < -0.4 is 5.32 Å². The molecule has 2 aromatic heterocycles. The highest BCUT2D eigenvalue weighted by Crippen LogP contribution is 2.25. The second kappa shape index (κ2) is 6.21. The number of fused-ring (bicyclic) bond motifs is 1. The molecule has 0 aliphatic heterocycles. The van der Waals surface area contributed by atoms with E-state index >= 15 is 0 Å². The molecule has 104 valence electrons. The van der Waals surface area contributed by atoms with Gasteiger partial charge in [0.2, 0.25) is 0 Å². The van der Waals surface area contributed by atoms with E-state index in [2.05, 4.69) is 15.3 Å². The SMILES string of the molecule is CCNc1nc(CN(C)CC(F)F)nc2sccc12. The van der Waals surface area contributed by atoms with Crippen molar-refractivity contribution < 1.29 is 8.78 Å². The topological polar surface area (TPSA) is 41.1 Å². The van der Waals surface area contributed by atoms with Gasteiger partial charge in [0.15, 0.2) is 0 Å². The molecule has 0 saturated carbocycles. The summed E-state index contributed by atoms with van der Waals surface area (Å²) in [6.07, 6.45) is -2.34. The highest BCUT2D eigenvalue weighted by atomic mass is 32.1. The second-order valence-electron chi connectivity index (χ2n) is 4.25. The van der Waals surface area contributed by atoms with Crippen LogP contribution in [0.5, 0.6) is 0 Å². The fraction of sp³-hybridized carbons (Fsp3) is 0.500. The Morgan fingerprint density at radius 1 is 1.42 bits per heavy atom. The van der Waals surface area contributed by atoms with Crippen LogP contribution in [0.15, 0.2) is 11.4 Å². The second-order valence-corrected chi connectivity index (χ2v) is 5.14. The van der Waals surface area contributed by atoms with E-state index in [0.29, 0.717) is 12.4 Å². The molecule has 2 aromatic rings. The van der Waals surface area contributed by atoms with Crippen molar-refractivity contribution >= 4 is 27.4 Å². The van der Waals surface area contributed by atoms with E-state index in [1.54, 1.807) is 7.05 Å². The molecule has 7 heteroatoms. The first-order valence-corrected chi connectivity index (χ1v) is 6.92. The van der Waals surface area contributed by atoms with Crippen LogP contribution in [0.1, 0.15) is 12.7 Å². The van der Waals surface area contributed by atoms with Crippen molar-refractivity contribution in [3.8, 4) is 0 Å². The summed E-state index contributed by atoms with van der Waals surface area (Å²) in [5.41, 5.74) is 0. The Morgan fingerprint density at radius 3 is 2.89 bits per heavy atom. The predicted octanol–water partition coefficient (Wildman–Crippen LogP) is 2.82. The third-order valence-electron chi connectivity index (χ3n) is 2.58. The fourth-order valence-corrected chi connectivity index (χ4v) is 2.60. The van der Waals surface area contributed by atoms with Gasteiger partial charge in [0, 0.05) is 6.54 Å². The molecule has 0 spiro atoms. The lowest BCUT2D eigenvalue weighted by Crippen LogP contribution is -2.25. The lowest BCUT2D eigenvalue weighted by Gasteiger charge is -2.15. The third kappa shape index (κ3) is 3.57. The number of nitrogens with zero attached hydrogens (tertiary/aromatic N) is 3. The summed E-state index contributed by atoms with van der Waals surface area (Å²) in [4.78, 5) is 11.2. The van der Waals surface area contributed by atoms with Gasteiger partial charge in [-0.05, 0) is 25.4 Å². The lowest BCUT2D eigenvalue weighted by atomic mass is 10.3. The van der Waals surface area contributed by atoms with E-state index in [0.717, 1.165) is 22.6 Å². The number of aromatic nitrogens is 2. The van der Waals surface area contributed by atoms with Crippen molar-refractivity contribution in [3.05, 3.63) is 17.3 Å². The number of thiophene rings is 1. The molecule has 4 nitrogen and oxygen atoms in total. The Balaban J connectivity index is 2.23. The zero-order valence-electron chi connectivity index (χ0n) is 10.9. The number of halogens is 2. The van der Waals surface area contributed by atoms with E-state index in [4.69, 9.17) is 0 Å². The standard InChI is InChI=1S/C12H16F2N4S/c1-3-15-11-8-4-5-19-12(8)17-10(16-11)7-18(2)6-9(13)14/h4-5,9H,3,6-7H2,1-2H3,(H,15,16,17). The summed E-state index contributed by atoms with van der Waals surface area (Å²) in [5.74, 6) is 1.34. The summed E-state index contributed by atoms with van der Waals surface area (Å²) in [5, 5.41) is 6.11. The molecule has 0 aliphatic carbocycles. The molecule has 0 amide bonds. The molecule has 0 fully saturated rings. The van der Waals surface area contributed by atoms with Gasteiger partial charge in [0.25, 0.3) is 6.43 Å². The van der Waals surface area contributed by atoms with Crippen molar-refractivity contribution in [1.82, 2.24) is 14.9 Å². The Labute approximate surface area is 114 Å². The van der Waals surface area contributed by atoms with Crippen molar-refractivity contribution in [1.29, 1.82) is 0 Å². The number of anilines is 1. The Bertz CT molecular complexity index is 544. The molecule has 0 radical (unpaired) electrons. The van der Waals surface area contributed by atoms with Crippen molar-refractivity contribution in [2.24, 2.45) is 0 Å². The van der Waals surface area contributed by atoms with Crippen LogP contribution in [-0.4, -0.2) is 41.4 Å². The fourth-order valence-electron chi connectivity index (χ4n) is 1.81. The van der Waals surface area contributed by atoms with Gasteiger partial charge in [-0.2, -0.15) is 0 Å². The molecule has 0 aliphatic rings. The van der Waals surface area contributed by atoms with Crippen LogP contribution in [0, 0.1) is 0 Å². The minimum Gasteiger partial charge on any atom is -0.370 e. The molecule has 0 saturated heterocycles. The Morgan fingerprint density at radius 2 is 2.21 bits per heavy atom. The lowest BCUT2D eigenvalue weighted by molar-refractivity contribution is 0.0966. The highest BCUT2D eigenvalue weighted by molar-refractivity contribution is 7.16. The first-order chi connectivity index (χ1) is 9.10. The van der Waals surface area contributed by atoms with E-state index in [1.165, 1.54) is 16.2 Å². The van der Waals surface area contributed by atoms with Crippen LogP contribution in [0.2, 0.25) is 0 Å². The van der Waals surface area contributed by atoms with Crippen LogP contribution >= 0.6 is 11.3 Å². The predicted molar refractivity (Wildman–Crippen MR) is 73.9 cm³/mol. The number of rotatable bonds is 6.